The van der Waals surface area contributed by atoms with Crippen LogP contribution in [-0.4, -0.2) is 35.7 Å². The molecule has 12 heavy (non-hydrogen) atoms. The van der Waals surface area contributed by atoms with Crippen molar-refractivity contribution in [3.05, 3.63) is 6.33 Å². The fourth-order valence-electron chi connectivity index (χ4n) is 0.970. The molecule has 6 heteroatoms. The summed E-state index contributed by atoms with van der Waals surface area (Å²) in [5.41, 5.74) is 9.18. The molecular weight excluding hydrogens is 217 g/mol. The first-order valence-electron chi connectivity index (χ1n) is 3.45. The molecule has 0 bridgehead atoms. The maximum absolute atomic E-state index is 5.66. The van der Waals surface area contributed by atoms with Crippen LogP contribution >= 0.6 is 0 Å². The van der Waals surface area contributed by atoms with Crippen molar-refractivity contribution in [2.75, 3.05) is 5.73 Å². The number of nitrogen functional groups attached to an aromatic ring is 1. The monoisotopic (exact) mass is 225 g/mol. The molecule has 0 aliphatic rings. The number of rotatable bonds is 1. The number of fused-ring (bicyclic) bond motifs is 1. The first-order valence-corrected chi connectivity index (χ1v) is 6.60. The zero-order valence-electron chi connectivity index (χ0n) is 6.50. The third kappa shape index (κ3) is 1.06. The summed E-state index contributed by atoms with van der Waals surface area (Å²) in [7, 11) is 0. The van der Waals surface area contributed by atoms with Crippen molar-refractivity contribution in [3.8, 4) is 0 Å². The van der Waals surface area contributed by atoms with Gasteiger partial charge >= 0.3 is 75.1 Å². The Morgan fingerprint density at radius 2 is 2.33 bits per heavy atom. The summed E-state index contributed by atoms with van der Waals surface area (Å²) in [5.74, 6) is 0.474. The number of nitrogens with two attached hydrogens (primary N) is 1. The number of anilines is 1. The molecule has 0 spiro atoms. The van der Waals surface area contributed by atoms with Crippen LogP contribution in [0.1, 0.15) is 0 Å². The zero-order chi connectivity index (χ0) is 8.55. The molecule has 0 aromatic carbocycles. The summed E-state index contributed by atoms with van der Waals surface area (Å²) in [4.78, 5) is 15.3. The van der Waals surface area contributed by atoms with Gasteiger partial charge in [0.25, 0.3) is 0 Å². The van der Waals surface area contributed by atoms with Crippen LogP contribution in [0.5, 0.6) is 0 Å². The van der Waals surface area contributed by atoms with Gasteiger partial charge in [-0.05, 0) is 0 Å². The number of nitrogens with one attached hydrogen (secondary N) is 1. The van der Waals surface area contributed by atoms with Gasteiger partial charge in [0, 0.05) is 0 Å². The Morgan fingerprint density at radius 1 is 1.50 bits per heavy atom. The van der Waals surface area contributed by atoms with E-state index < -0.39 is 0 Å². The molecule has 0 fully saturated rings. The maximum atomic E-state index is 5.66. The number of hydrogen-bond acceptors (Lipinski definition) is 4. The van der Waals surface area contributed by atoms with Gasteiger partial charge in [-0.15, -0.1) is 0 Å². The van der Waals surface area contributed by atoms with E-state index in [0.29, 0.717) is 11.3 Å². The van der Waals surface area contributed by atoms with E-state index in [9.17, 15) is 0 Å². The van der Waals surface area contributed by atoms with Crippen molar-refractivity contribution >= 4 is 37.3 Å². The molecule has 0 radical (unpaired) electrons. The van der Waals surface area contributed by atoms with Crippen molar-refractivity contribution < 1.29 is 0 Å². The van der Waals surface area contributed by atoms with E-state index in [2.05, 4.69) is 25.6 Å². The van der Waals surface area contributed by atoms with E-state index in [-0.39, 0.29) is 15.8 Å². The number of hydrogen-bond donors (Lipinski definition) is 2. The molecule has 1 atom stereocenters. The summed E-state index contributed by atoms with van der Waals surface area (Å²) in [6.07, 6.45) is 1.58. The van der Waals surface area contributed by atoms with Crippen molar-refractivity contribution in [2.24, 2.45) is 0 Å². The number of H-pyrrole nitrogens is 1. The Hall–Kier alpha value is -1.09. The summed E-state index contributed by atoms with van der Waals surface area (Å²) >= 11 is -0.234. The predicted molar refractivity (Wildman–Crippen MR) is 48.7 cm³/mol. The van der Waals surface area contributed by atoms with Crippen molar-refractivity contribution in [1.29, 1.82) is 0 Å². The Kier molecular flexibility index (Phi) is 1.73. The normalized spacial score (nSPS) is 11.8. The molecule has 62 valence electrons. The standard InChI is InChI=1S/C6H8AsN5/c1-7-6-11-4(8)3-5(12-6)10-2-9-3/h2,7H,1H3,(H3,8,9,10,11,12). The van der Waals surface area contributed by atoms with Gasteiger partial charge in [-0.25, -0.2) is 0 Å². The summed E-state index contributed by atoms with van der Waals surface area (Å²) in [6, 6.07) is 0. The molecule has 2 rings (SSSR count). The molecule has 0 saturated carbocycles. The van der Waals surface area contributed by atoms with Gasteiger partial charge in [0.15, 0.2) is 0 Å². The van der Waals surface area contributed by atoms with Crippen LogP contribution in [0.25, 0.3) is 11.2 Å². The van der Waals surface area contributed by atoms with Crippen molar-refractivity contribution in [1.82, 2.24) is 19.9 Å². The molecule has 5 nitrogen and oxygen atoms in total. The predicted octanol–water partition coefficient (Wildman–Crippen LogP) is -0.955. The Labute approximate surface area is 75.5 Å². The van der Waals surface area contributed by atoms with Gasteiger partial charge in [0.1, 0.15) is 0 Å². The van der Waals surface area contributed by atoms with Gasteiger partial charge in [0.05, 0.1) is 0 Å². The van der Waals surface area contributed by atoms with Crippen LogP contribution < -0.4 is 10.3 Å². The zero-order valence-corrected chi connectivity index (χ0v) is 8.59. The number of aromatic nitrogens is 4. The molecule has 0 aliphatic carbocycles. The second kappa shape index (κ2) is 2.75. The van der Waals surface area contributed by atoms with Crippen LogP contribution in [0.4, 0.5) is 5.82 Å². The van der Waals surface area contributed by atoms with Crippen LogP contribution in [0, 0.1) is 0 Å². The van der Waals surface area contributed by atoms with Crippen LogP contribution in [-0.2, 0) is 0 Å². The van der Waals surface area contributed by atoms with E-state index in [1.165, 1.54) is 0 Å². The van der Waals surface area contributed by atoms with Crippen LogP contribution in [0.15, 0.2) is 6.33 Å². The molecule has 0 amide bonds. The van der Waals surface area contributed by atoms with Gasteiger partial charge in [-0.2, -0.15) is 0 Å². The van der Waals surface area contributed by atoms with Crippen LogP contribution in [0.2, 0.25) is 5.71 Å². The molecule has 2 heterocycles. The minimum atomic E-state index is -0.234. The topological polar surface area (TPSA) is 80.5 Å². The summed E-state index contributed by atoms with van der Waals surface area (Å²) in [5, 5.41) is 0. The Bertz CT molecular complexity index is 409. The molecule has 2 aromatic rings. The van der Waals surface area contributed by atoms with Crippen LogP contribution in [0.3, 0.4) is 0 Å². The Morgan fingerprint density at radius 3 is 3.08 bits per heavy atom. The third-order valence-electron chi connectivity index (χ3n) is 1.53. The van der Waals surface area contributed by atoms with Gasteiger partial charge in [-0.1, -0.05) is 0 Å². The minimum absolute atomic E-state index is 0.234. The average molecular weight is 225 g/mol. The van der Waals surface area contributed by atoms with Crippen molar-refractivity contribution in [3.63, 3.8) is 0 Å². The molecule has 2 aromatic heterocycles. The summed E-state index contributed by atoms with van der Waals surface area (Å²) in [6.45, 7) is 0. The molecule has 0 aliphatic heterocycles. The third-order valence-corrected chi connectivity index (χ3v) is 2.94. The molecule has 3 N–H and O–H groups in total. The number of aromatic amines is 1. The average Bonchev–Trinajstić information content (AvgIpc) is 2.52. The first kappa shape index (κ1) is 7.55. The van der Waals surface area contributed by atoms with E-state index in [4.69, 9.17) is 5.73 Å². The van der Waals surface area contributed by atoms with E-state index in [0.717, 1.165) is 10.3 Å². The number of imidazole rings is 1. The van der Waals surface area contributed by atoms with Crippen molar-refractivity contribution in [2.45, 2.75) is 5.71 Å². The van der Waals surface area contributed by atoms with E-state index in [1.807, 2.05) is 0 Å². The Balaban J connectivity index is 2.75. The fraction of sp³-hybridized carbons (Fsp3) is 0.167. The molecule has 1 unspecified atom stereocenters. The second-order valence-electron chi connectivity index (χ2n) is 2.28. The molecule has 0 saturated heterocycles. The first-order chi connectivity index (χ1) is 5.81. The number of nitrogens with zero attached hydrogens (tertiary/aromatic N) is 3. The van der Waals surface area contributed by atoms with Gasteiger partial charge < -0.3 is 0 Å². The van der Waals surface area contributed by atoms with E-state index in [1.54, 1.807) is 6.33 Å². The van der Waals surface area contributed by atoms with Gasteiger partial charge in [0.2, 0.25) is 0 Å². The van der Waals surface area contributed by atoms with Gasteiger partial charge in [-0.3, -0.25) is 0 Å². The summed E-state index contributed by atoms with van der Waals surface area (Å²) < 4.78 is 0.865. The van der Waals surface area contributed by atoms with E-state index >= 15 is 0 Å². The SMILES string of the molecule is C[AsH]c1nc(N)c2nc[nH]c2n1. The second-order valence-corrected chi connectivity index (χ2v) is 4.27. The quantitative estimate of drug-likeness (QED) is 0.613. The fourth-order valence-corrected chi connectivity index (χ4v) is 1.93. The molecular formula is C6H8AsN5.